The molecule has 1 saturated heterocycles. The molecule has 0 unspecified atom stereocenters. The van der Waals surface area contributed by atoms with E-state index in [0.717, 1.165) is 31.2 Å². The molecule has 1 aliphatic heterocycles. The normalized spacial score (nSPS) is 15.1. The first kappa shape index (κ1) is 22.3. The van der Waals surface area contributed by atoms with Crippen LogP contribution in [0.15, 0.2) is 78.9 Å². The van der Waals surface area contributed by atoms with E-state index in [1.165, 1.54) is 36.0 Å². The number of hydrogen-bond acceptors (Lipinski definition) is 2. The summed E-state index contributed by atoms with van der Waals surface area (Å²) in [4.78, 5) is 15.1. The second-order valence-electron chi connectivity index (χ2n) is 9.34. The van der Waals surface area contributed by atoms with Gasteiger partial charge in [-0.05, 0) is 85.1 Å². The number of likely N-dealkylation sites (tertiary alicyclic amines) is 1. The number of hydrogen-bond donors (Lipinski definition) is 1. The van der Waals surface area contributed by atoms with Crippen molar-refractivity contribution in [3.63, 3.8) is 0 Å². The van der Waals surface area contributed by atoms with Crippen molar-refractivity contribution in [3.05, 3.63) is 101 Å². The minimum atomic E-state index is -0.0597. The van der Waals surface area contributed by atoms with Gasteiger partial charge >= 0.3 is 0 Å². The molecule has 3 nitrogen and oxygen atoms in total. The minimum Gasteiger partial charge on any atom is -0.322 e. The number of piperidine rings is 1. The first-order valence-electron chi connectivity index (χ1n) is 11.8. The largest absolute Gasteiger partial charge is 0.322 e. The van der Waals surface area contributed by atoms with Crippen molar-refractivity contribution in [1.29, 1.82) is 0 Å². The lowest BCUT2D eigenvalue weighted by Gasteiger charge is -2.32. The topological polar surface area (TPSA) is 32.3 Å². The first-order chi connectivity index (χ1) is 15.6. The quantitative estimate of drug-likeness (QED) is 0.467. The highest BCUT2D eigenvalue weighted by Gasteiger charge is 2.19. The van der Waals surface area contributed by atoms with Gasteiger partial charge in [0.15, 0.2) is 0 Å². The van der Waals surface area contributed by atoms with Gasteiger partial charge in [0, 0.05) is 17.8 Å². The van der Waals surface area contributed by atoms with Crippen LogP contribution in [-0.4, -0.2) is 23.9 Å². The monoisotopic (exact) mass is 426 g/mol. The second kappa shape index (κ2) is 10.6. The number of nitrogens with one attached hydrogen (secondary N) is 1. The van der Waals surface area contributed by atoms with E-state index in [9.17, 15) is 4.79 Å². The molecule has 1 fully saturated rings. The van der Waals surface area contributed by atoms with Gasteiger partial charge in [-0.3, -0.25) is 9.69 Å². The Balaban J connectivity index is 1.25. The van der Waals surface area contributed by atoms with Crippen LogP contribution in [0.3, 0.4) is 0 Å². The number of carbonyl (C=O) groups excluding carboxylic acids is 1. The molecule has 3 aromatic rings. The Bertz CT molecular complexity index is 986. The third kappa shape index (κ3) is 6.08. The Labute approximate surface area is 192 Å². The van der Waals surface area contributed by atoms with Gasteiger partial charge in [0.05, 0.1) is 0 Å². The van der Waals surface area contributed by atoms with Crippen LogP contribution < -0.4 is 5.32 Å². The fourth-order valence-electron chi connectivity index (χ4n) is 4.47. The maximum absolute atomic E-state index is 12.6. The van der Waals surface area contributed by atoms with Crippen LogP contribution in [0.2, 0.25) is 0 Å². The molecule has 32 heavy (non-hydrogen) atoms. The third-order valence-corrected chi connectivity index (χ3v) is 6.53. The Hall–Kier alpha value is -2.91. The van der Waals surface area contributed by atoms with Gasteiger partial charge in [-0.15, -0.1) is 0 Å². The summed E-state index contributed by atoms with van der Waals surface area (Å²) in [5, 5.41) is 3.00. The molecule has 1 aliphatic rings. The van der Waals surface area contributed by atoms with E-state index >= 15 is 0 Å². The van der Waals surface area contributed by atoms with Crippen molar-refractivity contribution in [2.24, 2.45) is 5.92 Å². The smallest absolute Gasteiger partial charge is 0.255 e. The second-order valence-corrected chi connectivity index (χ2v) is 9.34. The number of nitrogens with zero attached hydrogens (tertiary/aromatic N) is 1. The van der Waals surface area contributed by atoms with Gasteiger partial charge in [0.2, 0.25) is 0 Å². The molecule has 166 valence electrons. The zero-order valence-corrected chi connectivity index (χ0v) is 19.3. The summed E-state index contributed by atoms with van der Waals surface area (Å²) in [7, 11) is 0. The van der Waals surface area contributed by atoms with E-state index in [0.29, 0.717) is 11.5 Å². The summed E-state index contributed by atoms with van der Waals surface area (Å²) in [6, 6.07) is 27.0. The molecule has 0 aliphatic carbocycles. The number of anilines is 1. The molecule has 0 atom stereocenters. The Morgan fingerprint density at radius 1 is 0.875 bits per heavy atom. The summed E-state index contributed by atoms with van der Waals surface area (Å²) in [5.74, 6) is 1.21. The number of benzene rings is 3. The molecule has 4 rings (SSSR count). The van der Waals surface area contributed by atoms with Crippen LogP contribution in [0.1, 0.15) is 59.7 Å². The summed E-state index contributed by atoms with van der Waals surface area (Å²) >= 11 is 0. The van der Waals surface area contributed by atoms with Crippen molar-refractivity contribution >= 4 is 11.6 Å². The van der Waals surface area contributed by atoms with Crippen molar-refractivity contribution < 1.29 is 4.79 Å². The van der Waals surface area contributed by atoms with Crippen LogP contribution in [0.5, 0.6) is 0 Å². The van der Waals surface area contributed by atoms with Crippen molar-refractivity contribution in [3.8, 4) is 0 Å². The molecule has 1 N–H and O–H groups in total. The van der Waals surface area contributed by atoms with Gasteiger partial charge in [-0.25, -0.2) is 0 Å². The van der Waals surface area contributed by atoms with E-state index in [-0.39, 0.29) is 5.91 Å². The molecule has 0 saturated carbocycles. The summed E-state index contributed by atoms with van der Waals surface area (Å²) in [5.41, 5.74) is 5.53. The van der Waals surface area contributed by atoms with Crippen LogP contribution in [-0.2, 0) is 13.0 Å². The molecule has 0 spiro atoms. The fourth-order valence-corrected chi connectivity index (χ4v) is 4.47. The maximum atomic E-state index is 12.6. The van der Waals surface area contributed by atoms with Crippen LogP contribution >= 0.6 is 0 Å². The summed E-state index contributed by atoms with van der Waals surface area (Å²) in [6.45, 7) is 7.58. The number of carbonyl (C=O) groups is 1. The van der Waals surface area contributed by atoms with E-state index < -0.39 is 0 Å². The van der Waals surface area contributed by atoms with Crippen molar-refractivity contribution in [2.45, 2.75) is 45.6 Å². The minimum absolute atomic E-state index is 0.0597. The lowest BCUT2D eigenvalue weighted by atomic mass is 9.90. The van der Waals surface area contributed by atoms with E-state index in [2.05, 4.69) is 78.7 Å². The maximum Gasteiger partial charge on any atom is 0.255 e. The Morgan fingerprint density at radius 2 is 1.53 bits per heavy atom. The van der Waals surface area contributed by atoms with E-state index in [1.807, 2.05) is 24.3 Å². The Morgan fingerprint density at radius 3 is 2.16 bits per heavy atom. The van der Waals surface area contributed by atoms with Crippen molar-refractivity contribution in [2.75, 3.05) is 18.4 Å². The van der Waals surface area contributed by atoms with Crippen LogP contribution in [0, 0.1) is 5.92 Å². The molecule has 3 heteroatoms. The van der Waals surface area contributed by atoms with Gasteiger partial charge in [-0.2, -0.15) is 0 Å². The average Bonchev–Trinajstić information content (AvgIpc) is 2.82. The summed E-state index contributed by atoms with van der Waals surface area (Å²) in [6.07, 6.45) is 3.70. The number of rotatable bonds is 7. The summed E-state index contributed by atoms with van der Waals surface area (Å²) < 4.78 is 0. The lowest BCUT2D eigenvalue weighted by Crippen LogP contribution is -2.33. The zero-order valence-electron chi connectivity index (χ0n) is 19.3. The van der Waals surface area contributed by atoms with Gasteiger partial charge < -0.3 is 5.32 Å². The van der Waals surface area contributed by atoms with E-state index in [4.69, 9.17) is 0 Å². The van der Waals surface area contributed by atoms with Crippen molar-refractivity contribution in [1.82, 2.24) is 4.90 Å². The number of amides is 1. The predicted octanol–water partition coefficient (Wildman–Crippen LogP) is 6.52. The molecule has 1 amide bonds. The SMILES string of the molecule is CC(C)c1ccc(NC(=O)c2ccc(CN3CCC(Cc4ccccc4)CC3)cc2)cc1. The fraction of sp³-hybridized carbons (Fsp3) is 0.345. The molecule has 0 radical (unpaired) electrons. The van der Waals surface area contributed by atoms with Crippen LogP contribution in [0.25, 0.3) is 0 Å². The third-order valence-electron chi connectivity index (χ3n) is 6.53. The highest BCUT2D eigenvalue weighted by Crippen LogP contribution is 2.23. The van der Waals surface area contributed by atoms with E-state index in [1.54, 1.807) is 0 Å². The predicted molar refractivity (Wildman–Crippen MR) is 133 cm³/mol. The molecule has 0 aromatic heterocycles. The Kier molecular flexibility index (Phi) is 7.39. The molecule has 0 bridgehead atoms. The molecular weight excluding hydrogens is 392 g/mol. The lowest BCUT2D eigenvalue weighted by molar-refractivity contribution is 0.102. The average molecular weight is 427 g/mol. The molecule has 3 aromatic carbocycles. The first-order valence-corrected chi connectivity index (χ1v) is 11.8. The molecule has 1 heterocycles. The van der Waals surface area contributed by atoms with Gasteiger partial charge in [-0.1, -0.05) is 68.4 Å². The molecular formula is C29H34N2O. The highest BCUT2D eigenvalue weighted by molar-refractivity contribution is 6.04. The zero-order chi connectivity index (χ0) is 22.3. The highest BCUT2D eigenvalue weighted by atomic mass is 16.1. The van der Waals surface area contributed by atoms with Gasteiger partial charge in [0.1, 0.15) is 0 Å². The van der Waals surface area contributed by atoms with Crippen LogP contribution in [0.4, 0.5) is 5.69 Å². The van der Waals surface area contributed by atoms with Gasteiger partial charge in [0.25, 0.3) is 5.91 Å². The standard InChI is InChI=1S/C29H34N2O/c1-22(2)26-12-14-28(15-13-26)30-29(32)27-10-8-25(9-11-27)21-31-18-16-24(17-19-31)20-23-6-4-3-5-7-23/h3-15,22,24H,16-21H2,1-2H3,(H,30,32).